The molecule has 84 valence electrons. The number of nitrogens with zero attached hydrogens (tertiary/aromatic N) is 2. The molecule has 1 aromatic heterocycles. The molecule has 0 bridgehead atoms. The molecule has 1 aliphatic rings. The molecular weight excluding hydrogens is 240 g/mol. The summed E-state index contributed by atoms with van der Waals surface area (Å²) in [5, 5.41) is 16.7. The first-order chi connectivity index (χ1) is 6.96. The number of aliphatic hydroxyl groups is 1. The third-order valence-corrected chi connectivity index (χ3v) is 5.11. The quantitative estimate of drug-likeness (QED) is 0.765. The van der Waals surface area contributed by atoms with Crippen molar-refractivity contribution in [2.24, 2.45) is 0 Å². The third-order valence-electron chi connectivity index (χ3n) is 2.03. The summed E-state index contributed by atoms with van der Waals surface area (Å²) in [5.41, 5.74) is 0. The van der Waals surface area contributed by atoms with E-state index >= 15 is 0 Å². The van der Waals surface area contributed by atoms with E-state index in [9.17, 15) is 13.5 Å². The summed E-state index contributed by atoms with van der Waals surface area (Å²) in [6.07, 6.45) is -0.854. The van der Waals surface area contributed by atoms with Crippen LogP contribution in [0, 0.1) is 6.92 Å². The van der Waals surface area contributed by atoms with Gasteiger partial charge in [-0.15, -0.1) is 10.2 Å². The van der Waals surface area contributed by atoms with E-state index < -0.39 is 21.2 Å². The standard InChI is InChI=1S/C7H10N2O4S2/c1-4-8-9-7(13-4)14-6-3-15(11,12)2-5(6)10/h5-6,10H,2-3H2,1H3. The zero-order chi connectivity index (χ0) is 11.1. The molecule has 1 aromatic rings. The maximum absolute atomic E-state index is 11.2. The second-order valence-electron chi connectivity index (χ2n) is 3.39. The van der Waals surface area contributed by atoms with E-state index in [4.69, 9.17) is 4.42 Å². The average molecular weight is 250 g/mol. The highest BCUT2D eigenvalue weighted by Gasteiger charge is 2.38. The Balaban J connectivity index is 2.08. The van der Waals surface area contributed by atoms with Gasteiger partial charge in [-0.1, -0.05) is 11.8 Å². The Labute approximate surface area is 91.0 Å². The Morgan fingerprint density at radius 3 is 2.67 bits per heavy atom. The summed E-state index contributed by atoms with van der Waals surface area (Å²) in [6, 6.07) is 0. The summed E-state index contributed by atoms with van der Waals surface area (Å²) in [5.74, 6) is 0.200. The van der Waals surface area contributed by atoms with Crippen LogP contribution in [-0.4, -0.2) is 46.6 Å². The maximum atomic E-state index is 11.2. The molecule has 1 fully saturated rings. The lowest BCUT2D eigenvalue weighted by atomic mass is 10.3. The van der Waals surface area contributed by atoms with Crippen molar-refractivity contribution in [1.82, 2.24) is 10.2 Å². The van der Waals surface area contributed by atoms with Gasteiger partial charge in [-0.25, -0.2) is 8.42 Å². The number of sulfone groups is 1. The fourth-order valence-electron chi connectivity index (χ4n) is 1.36. The van der Waals surface area contributed by atoms with Gasteiger partial charge in [0.15, 0.2) is 9.84 Å². The van der Waals surface area contributed by atoms with Crippen LogP contribution in [-0.2, 0) is 9.84 Å². The van der Waals surface area contributed by atoms with Crippen LogP contribution in [0.25, 0.3) is 0 Å². The summed E-state index contributed by atoms with van der Waals surface area (Å²) >= 11 is 1.11. The number of rotatable bonds is 2. The average Bonchev–Trinajstić information content (AvgIpc) is 2.58. The van der Waals surface area contributed by atoms with Crippen LogP contribution >= 0.6 is 11.8 Å². The zero-order valence-electron chi connectivity index (χ0n) is 7.95. The van der Waals surface area contributed by atoms with Crippen molar-refractivity contribution in [3.63, 3.8) is 0 Å². The molecule has 1 saturated heterocycles. The third kappa shape index (κ3) is 2.50. The van der Waals surface area contributed by atoms with E-state index in [1.165, 1.54) is 0 Å². The minimum absolute atomic E-state index is 0.0414. The van der Waals surface area contributed by atoms with Gasteiger partial charge < -0.3 is 9.52 Å². The van der Waals surface area contributed by atoms with Gasteiger partial charge in [-0.3, -0.25) is 0 Å². The molecule has 8 heteroatoms. The molecule has 2 atom stereocenters. The van der Waals surface area contributed by atoms with Crippen LogP contribution in [0.5, 0.6) is 0 Å². The Bertz CT molecular complexity index is 455. The van der Waals surface area contributed by atoms with Gasteiger partial charge in [-0.05, 0) is 0 Å². The van der Waals surface area contributed by atoms with Crippen LogP contribution in [0.4, 0.5) is 0 Å². The van der Waals surface area contributed by atoms with Crippen LogP contribution in [0.2, 0.25) is 0 Å². The van der Waals surface area contributed by atoms with Gasteiger partial charge in [0.2, 0.25) is 5.89 Å². The molecule has 0 radical (unpaired) electrons. The van der Waals surface area contributed by atoms with Gasteiger partial charge in [0.25, 0.3) is 5.22 Å². The van der Waals surface area contributed by atoms with Crippen LogP contribution < -0.4 is 0 Å². The second-order valence-corrected chi connectivity index (χ2v) is 6.73. The van der Waals surface area contributed by atoms with E-state index in [-0.39, 0.29) is 11.5 Å². The molecular formula is C7H10N2O4S2. The number of aliphatic hydroxyl groups excluding tert-OH is 1. The summed E-state index contributed by atoms with van der Waals surface area (Å²) < 4.78 is 27.5. The summed E-state index contributed by atoms with van der Waals surface area (Å²) in [7, 11) is -3.12. The van der Waals surface area contributed by atoms with Crippen LogP contribution in [0.1, 0.15) is 5.89 Å². The van der Waals surface area contributed by atoms with Crippen molar-refractivity contribution in [3.05, 3.63) is 5.89 Å². The Kier molecular flexibility index (Phi) is 2.73. The van der Waals surface area contributed by atoms with Gasteiger partial charge in [0.05, 0.1) is 22.9 Å². The van der Waals surface area contributed by atoms with E-state index in [1.54, 1.807) is 6.92 Å². The lowest BCUT2D eigenvalue weighted by molar-refractivity contribution is 0.207. The Hall–Kier alpha value is -0.600. The van der Waals surface area contributed by atoms with Crippen molar-refractivity contribution in [3.8, 4) is 0 Å². The number of aryl methyl sites for hydroxylation is 1. The molecule has 0 saturated carbocycles. The number of hydrogen-bond acceptors (Lipinski definition) is 7. The predicted octanol–water partition coefficient (Wildman–Crippen LogP) is -0.372. The van der Waals surface area contributed by atoms with Crippen molar-refractivity contribution in [2.75, 3.05) is 11.5 Å². The van der Waals surface area contributed by atoms with E-state index in [0.29, 0.717) is 11.1 Å². The smallest absolute Gasteiger partial charge is 0.276 e. The second kappa shape index (κ2) is 3.76. The molecule has 6 nitrogen and oxygen atoms in total. The molecule has 0 aromatic carbocycles. The monoisotopic (exact) mass is 250 g/mol. The Morgan fingerprint density at radius 1 is 1.47 bits per heavy atom. The minimum Gasteiger partial charge on any atom is -0.416 e. The lowest BCUT2D eigenvalue weighted by Gasteiger charge is -2.07. The molecule has 0 aliphatic carbocycles. The van der Waals surface area contributed by atoms with Gasteiger partial charge in [0, 0.05) is 6.92 Å². The molecule has 2 rings (SSSR count). The van der Waals surface area contributed by atoms with E-state index in [2.05, 4.69) is 10.2 Å². The van der Waals surface area contributed by atoms with Crippen molar-refractivity contribution in [1.29, 1.82) is 0 Å². The van der Waals surface area contributed by atoms with Gasteiger partial charge in [-0.2, -0.15) is 0 Å². The molecule has 1 N–H and O–H groups in total. The SMILES string of the molecule is Cc1nnc(SC2CS(=O)(=O)CC2O)o1. The maximum Gasteiger partial charge on any atom is 0.276 e. The van der Waals surface area contributed by atoms with Crippen molar-refractivity contribution in [2.45, 2.75) is 23.5 Å². The topological polar surface area (TPSA) is 93.3 Å². The van der Waals surface area contributed by atoms with E-state index in [0.717, 1.165) is 11.8 Å². The molecule has 0 spiro atoms. The minimum atomic E-state index is -3.12. The summed E-state index contributed by atoms with van der Waals surface area (Å²) in [4.78, 5) is 0. The highest BCUT2D eigenvalue weighted by molar-refractivity contribution is 8.01. The molecule has 2 unspecified atom stereocenters. The first-order valence-corrected chi connectivity index (χ1v) is 7.02. The normalized spacial score (nSPS) is 29.5. The first-order valence-electron chi connectivity index (χ1n) is 4.31. The first kappa shape index (κ1) is 10.9. The molecule has 2 heterocycles. The van der Waals surface area contributed by atoms with Crippen LogP contribution in [0.15, 0.2) is 9.64 Å². The largest absolute Gasteiger partial charge is 0.416 e. The van der Waals surface area contributed by atoms with Gasteiger partial charge >= 0.3 is 0 Å². The van der Waals surface area contributed by atoms with Crippen molar-refractivity contribution < 1.29 is 17.9 Å². The summed E-state index contributed by atoms with van der Waals surface area (Å²) in [6.45, 7) is 1.65. The van der Waals surface area contributed by atoms with Crippen LogP contribution in [0.3, 0.4) is 0 Å². The lowest BCUT2D eigenvalue weighted by Crippen LogP contribution is -2.19. The molecule has 0 amide bonds. The van der Waals surface area contributed by atoms with Crippen molar-refractivity contribution >= 4 is 21.6 Å². The fraction of sp³-hybridized carbons (Fsp3) is 0.714. The number of hydrogen-bond donors (Lipinski definition) is 1. The zero-order valence-corrected chi connectivity index (χ0v) is 9.58. The molecule has 15 heavy (non-hydrogen) atoms. The fourth-order valence-corrected chi connectivity index (χ4v) is 4.76. The van der Waals surface area contributed by atoms with Gasteiger partial charge in [0.1, 0.15) is 0 Å². The molecule has 1 aliphatic heterocycles. The van der Waals surface area contributed by atoms with E-state index in [1.807, 2.05) is 0 Å². The highest BCUT2D eigenvalue weighted by Crippen LogP contribution is 2.30. The Morgan fingerprint density at radius 2 is 2.20 bits per heavy atom. The number of aromatic nitrogens is 2. The highest BCUT2D eigenvalue weighted by atomic mass is 32.2. The predicted molar refractivity (Wildman–Crippen MR) is 53.3 cm³/mol. The number of thioether (sulfide) groups is 1.